The van der Waals surface area contributed by atoms with Gasteiger partial charge in [0.05, 0.1) is 4.88 Å². The first-order valence-corrected chi connectivity index (χ1v) is 6.98. The van der Waals surface area contributed by atoms with Crippen molar-refractivity contribution in [2.75, 3.05) is 11.1 Å². The SMILES string of the molecule is Cc1[nH]nc(NC(=O)c2cc3cc(N)ccc3s2)c1C. The molecule has 0 saturated heterocycles. The van der Waals surface area contributed by atoms with E-state index in [9.17, 15) is 4.79 Å². The summed E-state index contributed by atoms with van der Waals surface area (Å²) in [7, 11) is 0. The molecule has 0 aliphatic rings. The van der Waals surface area contributed by atoms with Crippen LogP contribution in [0.4, 0.5) is 11.5 Å². The van der Waals surface area contributed by atoms with Crippen molar-refractivity contribution in [2.24, 2.45) is 0 Å². The maximum Gasteiger partial charge on any atom is 0.266 e. The standard InChI is InChI=1S/C14H14N4OS/c1-7-8(2)17-18-13(7)16-14(19)12-6-9-5-10(15)3-4-11(9)20-12/h3-6H,15H2,1-2H3,(H2,16,17,18,19). The van der Waals surface area contributed by atoms with Crippen LogP contribution in [0.25, 0.3) is 10.1 Å². The molecular weight excluding hydrogens is 272 g/mol. The number of hydrogen-bond acceptors (Lipinski definition) is 4. The molecule has 2 aromatic heterocycles. The molecular formula is C14H14N4OS. The second kappa shape index (κ2) is 4.64. The molecule has 1 aromatic carbocycles. The molecule has 0 atom stereocenters. The van der Waals surface area contributed by atoms with Crippen LogP contribution in [0.2, 0.25) is 0 Å². The Morgan fingerprint density at radius 3 is 2.85 bits per heavy atom. The van der Waals surface area contributed by atoms with Gasteiger partial charge in [-0.05, 0) is 43.5 Å². The topological polar surface area (TPSA) is 83.8 Å². The minimum Gasteiger partial charge on any atom is -0.399 e. The lowest BCUT2D eigenvalue weighted by Gasteiger charge is -2.00. The monoisotopic (exact) mass is 286 g/mol. The number of anilines is 2. The maximum absolute atomic E-state index is 12.2. The smallest absolute Gasteiger partial charge is 0.266 e. The lowest BCUT2D eigenvalue weighted by Crippen LogP contribution is -2.11. The number of rotatable bonds is 2. The lowest BCUT2D eigenvalue weighted by molar-refractivity contribution is 0.103. The molecule has 6 heteroatoms. The van der Waals surface area contributed by atoms with Gasteiger partial charge in [-0.2, -0.15) is 5.10 Å². The van der Waals surface area contributed by atoms with Crippen molar-refractivity contribution >= 4 is 38.8 Å². The number of aryl methyl sites for hydroxylation is 1. The number of nitrogens with one attached hydrogen (secondary N) is 2. The zero-order valence-corrected chi connectivity index (χ0v) is 12.0. The molecule has 5 nitrogen and oxygen atoms in total. The first-order chi connectivity index (χ1) is 9.54. The predicted molar refractivity (Wildman–Crippen MR) is 82.3 cm³/mol. The van der Waals surface area contributed by atoms with Gasteiger partial charge in [-0.25, -0.2) is 0 Å². The molecule has 0 bridgehead atoms. The molecule has 0 unspecified atom stereocenters. The third-order valence-corrected chi connectivity index (χ3v) is 4.36. The lowest BCUT2D eigenvalue weighted by atomic mass is 10.2. The number of aromatic amines is 1. The minimum absolute atomic E-state index is 0.153. The van der Waals surface area contributed by atoms with Gasteiger partial charge in [0.25, 0.3) is 5.91 Å². The fraction of sp³-hybridized carbons (Fsp3) is 0.143. The molecule has 0 spiro atoms. The molecule has 0 radical (unpaired) electrons. The van der Waals surface area contributed by atoms with Crippen LogP contribution in [0.15, 0.2) is 24.3 Å². The average molecular weight is 286 g/mol. The Balaban J connectivity index is 1.90. The van der Waals surface area contributed by atoms with Crippen LogP contribution in [0.3, 0.4) is 0 Å². The van der Waals surface area contributed by atoms with Gasteiger partial charge in [0, 0.05) is 21.6 Å². The highest BCUT2D eigenvalue weighted by molar-refractivity contribution is 7.20. The molecule has 0 aliphatic heterocycles. The van der Waals surface area contributed by atoms with Crippen LogP contribution in [0.1, 0.15) is 20.9 Å². The molecule has 0 aliphatic carbocycles. The summed E-state index contributed by atoms with van der Waals surface area (Å²) < 4.78 is 1.04. The van der Waals surface area contributed by atoms with E-state index in [0.717, 1.165) is 21.3 Å². The van der Waals surface area contributed by atoms with E-state index in [2.05, 4.69) is 15.5 Å². The Hall–Kier alpha value is -2.34. The second-order valence-corrected chi connectivity index (χ2v) is 5.77. The van der Waals surface area contributed by atoms with Gasteiger partial charge in [-0.1, -0.05) is 0 Å². The van der Waals surface area contributed by atoms with E-state index in [-0.39, 0.29) is 5.91 Å². The zero-order chi connectivity index (χ0) is 14.3. The predicted octanol–water partition coefficient (Wildman–Crippen LogP) is 3.08. The van der Waals surface area contributed by atoms with E-state index < -0.39 is 0 Å². The Kier molecular flexibility index (Phi) is 2.94. The van der Waals surface area contributed by atoms with Crippen molar-refractivity contribution in [1.29, 1.82) is 0 Å². The number of carbonyl (C=O) groups is 1. The number of amides is 1. The van der Waals surface area contributed by atoms with Crippen molar-refractivity contribution < 1.29 is 4.79 Å². The summed E-state index contributed by atoms with van der Waals surface area (Å²) in [5.41, 5.74) is 8.34. The van der Waals surface area contributed by atoms with E-state index in [1.54, 1.807) is 0 Å². The Morgan fingerprint density at radius 2 is 2.15 bits per heavy atom. The summed E-state index contributed by atoms with van der Waals surface area (Å²) in [6, 6.07) is 7.48. The van der Waals surface area contributed by atoms with E-state index in [1.807, 2.05) is 38.1 Å². The number of carbonyl (C=O) groups excluding carboxylic acids is 1. The summed E-state index contributed by atoms with van der Waals surface area (Å²) in [6.07, 6.45) is 0. The summed E-state index contributed by atoms with van der Waals surface area (Å²) in [4.78, 5) is 12.9. The highest BCUT2D eigenvalue weighted by Crippen LogP contribution is 2.28. The van der Waals surface area contributed by atoms with Crippen LogP contribution >= 0.6 is 11.3 Å². The maximum atomic E-state index is 12.2. The van der Waals surface area contributed by atoms with Crippen LogP contribution in [0, 0.1) is 13.8 Å². The molecule has 0 saturated carbocycles. The highest BCUT2D eigenvalue weighted by Gasteiger charge is 2.14. The normalized spacial score (nSPS) is 10.9. The van der Waals surface area contributed by atoms with E-state index in [0.29, 0.717) is 16.4 Å². The summed E-state index contributed by atoms with van der Waals surface area (Å²) in [6.45, 7) is 3.83. The minimum atomic E-state index is -0.153. The van der Waals surface area contributed by atoms with Crippen molar-refractivity contribution in [2.45, 2.75) is 13.8 Å². The fourth-order valence-corrected chi connectivity index (χ4v) is 2.89. The molecule has 2 heterocycles. The van der Waals surface area contributed by atoms with Crippen LogP contribution in [0.5, 0.6) is 0 Å². The van der Waals surface area contributed by atoms with Gasteiger partial charge in [0.15, 0.2) is 5.82 Å². The van der Waals surface area contributed by atoms with Crippen molar-refractivity contribution in [3.63, 3.8) is 0 Å². The number of thiophene rings is 1. The molecule has 0 fully saturated rings. The number of nitrogens with two attached hydrogens (primary N) is 1. The van der Waals surface area contributed by atoms with E-state index in [1.165, 1.54) is 11.3 Å². The third-order valence-electron chi connectivity index (χ3n) is 3.25. The molecule has 3 aromatic rings. The second-order valence-electron chi connectivity index (χ2n) is 4.68. The van der Waals surface area contributed by atoms with Gasteiger partial charge in [0.1, 0.15) is 0 Å². The summed E-state index contributed by atoms with van der Waals surface area (Å²) in [5, 5.41) is 10.7. The third kappa shape index (κ3) is 2.14. The number of hydrogen-bond donors (Lipinski definition) is 3. The van der Waals surface area contributed by atoms with Crippen molar-refractivity contribution in [1.82, 2.24) is 10.2 Å². The van der Waals surface area contributed by atoms with Gasteiger partial charge in [-0.3, -0.25) is 9.89 Å². The van der Waals surface area contributed by atoms with Crippen LogP contribution in [-0.4, -0.2) is 16.1 Å². The van der Waals surface area contributed by atoms with Gasteiger partial charge in [0.2, 0.25) is 0 Å². The summed E-state index contributed by atoms with van der Waals surface area (Å²) >= 11 is 1.44. The van der Waals surface area contributed by atoms with Crippen molar-refractivity contribution in [3.8, 4) is 0 Å². The summed E-state index contributed by atoms with van der Waals surface area (Å²) in [5.74, 6) is 0.420. The molecule has 4 N–H and O–H groups in total. The average Bonchev–Trinajstić information content (AvgIpc) is 2.96. The number of benzene rings is 1. The van der Waals surface area contributed by atoms with Gasteiger partial charge in [-0.15, -0.1) is 11.3 Å². The molecule has 1 amide bonds. The van der Waals surface area contributed by atoms with E-state index >= 15 is 0 Å². The van der Waals surface area contributed by atoms with Crippen molar-refractivity contribution in [3.05, 3.63) is 40.4 Å². The van der Waals surface area contributed by atoms with Gasteiger partial charge >= 0.3 is 0 Å². The molecule has 20 heavy (non-hydrogen) atoms. The number of aromatic nitrogens is 2. The Morgan fingerprint density at radius 1 is 1.35 bits per heavy atom. The first kappa shape index (κ1) is 12.7. The first-order valence-electron chi connectivity index (χ1n) is 6.16. The van der Waals surface area contributed by atoms with Crippen LogP contribution in [-0.2, 0) is 0 Å². The number of H-pyrrole nitrogens is 1. The molecule has 102 valence electrons. The largest absolute Gasteiger partial charge is 0.399 e. The Labute approximate surface area is 119 Å². The number of nitrogens with zero attached hydrogens (tertiary/aromatic N) is 1. The van der Waals surface area contributed by atoms with Crippen LogP contribution < -0.4 is 11.1 Å². The fourth-order valence-electron chi connectivity index (χ4n) is 1.95. The van der Waals surface area contributed by atoms with E-state index in [4.69, 9.17) is 5.73 Å². The Bertz CT molecular complexity index is 803. The molecule has 3 rings (SSSR count). The van der Waals surface area contributed by atoms with Gasteiger partial charge < -0.3 is 11.1 Å². The highest BCUT2D eigenvalue weighted by atomic mass is 32.1. The number of nitrogen functional groups attached to an aromatic ring is 1. The number of fused-ring (bicyclic) bond motifs is 1. The quantitative estimate of drug-likeness (QED) is 0.633. The zero-order valence-electron chi connectivity index (χ0n) is 11.2.